The predicted octanol–water partition coefficient (Wildman–Crippen LogP) is 3.53. The summed E-state index contributed by atoms with van der Waals surface area (Å²) in [5.41, 5.74) is 2.04. The van der Waals surface area contributed by atoms with Crippen LogP contribution in [0.15, 0.2) is 54.6 Å². The third-order valence-corrected chi connectivity index (χ3v) is 4.19. The van der Waals surface area contributed by atoms with E-state index in [0.717, 1.165) is 22.6 Å². The van der Waals surface area contributed by atoms with Crippen LogP contribution in [0.3, 0.4) is 0 Å². The van der Waals surface area contributed by atoms with Crippen molar-refractivity contribution in [2.45, 2.75) is 13.0 Å². The Morgan fingerprint density at radius 1 is 1.15 bits per heavy atom. The summed E-state index contributed by atoms with van der Waals surface area (Å²) in [7, 11) is 5.63. The molecule has 1 amide bonds. The van der Waals surface area contributed by atoms with Crippen LogP contribution in [0.4, 0.5) is 0 Å². The molecule has 0 aliphatic rings. The van der Waals surface area contributed by atoms with Crippen LogP contribution in [-0.2, 0) is 4.79 Å². The predicted molar refractivity (Wildman–Crippen MR) is 109 cm³/mol. The van der Waals surface area contributed by atoms with Crippen LogP contribution in [0, 0.1) is 0 Å². The van der Waals surface area contributed by atoms with Gasteiger partial charge in [0.05, 0.1) is 19.8 Å². The second-order valence-corrected chi connectivity index (χ2v) is 6.34. The Labute approximate surface area is 161 Å². The van der Waals surface area contributed by atoms with Gasteiger partial charge in [-0.3, -0.25) is 4.79 Å². The summed E-state index contributed by atoms with van der Waals surface area (Å²) in [4.78, 5) is 14.3. The zero-order valence-corrected chi connectivity index (χ0v) is 16.4. The molecule has 1 N–H and O–H groups in total. The molecule has 1 atom stereocenters. The van der Waals surface area contributed by atoms with Gasteiger partial charge in [0.25, 0.3) is 0 Å². The van der Waals surface area contributed by atoms with Crippen LogP contribution >= 0.6 is 0 Å². The van der Waals surface area contributed by atoms with Gasteiger partial charge in [-0.25, -0.2) is 0 Å². The van der Waals surface area contributed by atoms with E-state index in [1.54, 1.807) is 19.3 Å². The van der Waals surface area contributed by atoms with E-state index in [0.29, 0.717) is 13.2 Å². The number of hydrogen-bond donors (Lipinski definition) is 1. The second-order valence-electron chi connectivity index (χ2n) is 6.34. The minimum atomic E-state index is -0.126. The summed E-state index contributed by atoms with van der Waals surface area (Å²) in [6.07, 6.45) is 3.34. The van der Waals surface area contributed by atoms with Crippen molar-refractivity contribution in [1.29, 1.82) is 0 Å². The normalized spacial score (nSPS) is 12.2. The van der Waals surface area contributed by atoms with Gasteiger partial charge in [0.15, 0.2) is 0 Å². The lowest BCUT2D eigenvalue weighted by Gasteiger charge is -2.25. The number of carbonyl (C=O) groups is 1. The van der Waals surface area contributed by atoms with Crippen LogP contribution in [0.5, 0.6) is 11.5 Å². The fourth-order valence-corrected chi connectivity index (χ4v) is 2.72. The van der Waals surface area contributed by atoms with Crippen LogP contribution in [-0.4, -0.2) is 45.2 Å². The number of benzene rings is 2. The molecule has 0 heterocycles. The molecule has 0 aliphatic heterocycles. The molecule has 2 aromatic carbocycles. The number of ether oxygens (including phenoxy) is 2. The Kier molecular flexibility index (Phi) is 7.89. The first kappa shape index (κ1) is 20.5. The van der Waals surface area contributed by atoms with Crippen LogP contribution < -0.4 is 14.8 Å². The van der Waals surface area contributed by atoms with Gasteiger partial charge in [-0.1, -0.05) is 24.3 Å². The van der Waals surface area contributed by atoms with E-state index >= 15 is 0 Å². The summed E-state index contributed by atoms with van der Waals surface area (Å²) >= 11 is 0. The SMILES string of the molecule is CCOc1ccc(/C=C/C(=O)NCC(c2cccc(OC)c2)N(C)C)cc1. The van der Waals surface area contributed by atoms with E-state index < -0.39 is 0 Å². The van der Waals surface area contributed by atoms with Gasteiger partial charge >= 0.3 is 0 Å². The highest BCUT2D eigenvalue weighted by Gasteiger charge is 2.15. The Balaban J connectivity index is 1.95. The number of nitrogens with zero attached hydrogens (tertiary/aromatic N) is 1. The average molecular weight is 368 g/mol. The molecule has 0 spiro atoms. The van der Waals surface area contributed by atoms with Crippen molar-refractivity contribution >= 4 is 12.0 Å². The van der Waals surface area contributed by atoms with Crippen molar-refractivity contribution in [3.63, 3.8) is 0 Å². The van der Waals surface area contributed by atoms with Crippen LogP contribution in [0.2, 0.25) is 0 Å². The number of amides is 1. The smallest absolute Gasteiger partial charge is 0.244 e. The van der Waals surface area contributed by atoms with Gasteiger partial charge in [0, 0.05) is 12.6 Å². The van der Waals surface area contributed by atoms with Gasteiger partial charge < -0.3 is 19.7 Å². The molecule has 5 nitrogen and oxygen atoms in total. The van der Waals surface area contributed by atoms with Crippen molar-refractivity contribution < 1.29 is 14.3 Å². The summed E-state index contributed by atoms with van der Waals surface area (Å²) in [5, 5.41) is 2.97. The molecule has 0 radical (unpaired) electrons. The summed E-state index contributed by atoms with van der Waals surface area (Å²) in [6, 6.07) is 15.6. The van der Waals surface area contributed by atoms with E-state index in [4.69, 9.17) is 9.47 Å². The maximum Gasteiger partial charge on any atom is 0.244 e. The lowest BCUT2D eigenvalue weighted by atomic mass is 10.1. The standard InChI is InChI=1S/C22H28N2O3/c1-5-27-19-12-9-17(10-13-19)11-14-22(25)23-16-21(24(2)3)18-7-6-8-20(15-18)26-4/h6-15,21H,5,16H2,1-4H3,(H,23,25)/b14-11+. The van der Waals surface area contributed by atoms with Gasteiger partial charge in [-0.05, 0) is 62.5 Å². The van der Waals surface area contributed by atoms with Crippen molar-refractivity contribution in [3.05, 3.63) is 65.7 Å². The first-order valence-corrected chi connectivity index (χ1v) is 9.02. The minimum absolute atomic E-state index is 0.0583. The van der Waals surface area contributed by atoms with E-state index in [1.165, 1.54) is 0 Å². The van der Waals surface area contributed by atoms with Gasteiger partial charge in [0.1, 0.15) is 11.5 Å². The van der Waals surface area contributed by atoms with Gasteiger partial charge in [-0.2, -0.15) is 0 Å². The quantitative estimate of drug-likeness (QED) is 0.688. The summed E-state index contributed by atoms with van der Waals surface area (Å²) < 4.78 is 10.7. The molecule has 0 fully saturated rings. The summed E-state index contributed by atoms with van der Waals surface area (Å²) in [5.74, 6) is 1.51. The van der Waals surface area contributed by atoms with Crippen molar-refractivity contribution in [2.24, 2.45) is 0 Å². The number of carbonyl (C=O) groups excluding carboxylic acids is 1. The van der Waals surface area contributed by atoms with E-state index in [9.17, 15) is 4.79 Å². The Bertz CT molecular complexity index is 754. The van der Waals surface area contributed by atoms with Gasteiger partial charge in [0.2, 0.25) is 5.91 Å². The second kappa shape index (κ2) is 10.4. The Morgan fingerprint density at radius 3 is 2.52 bits per heavy atom. The Morgan fingerprint density at radius 2 is 1.89 bits per heavy atom. The van der Waals surface area contributed by atoms with E-state index in [1.807, 2.05) is 69.6 Å². The molecule has 1 unspecified atom stereocenters. The summed E-state index contributed by atoms with van der Waals surface area (Å²) in [6.45, 7) is 3.09. The van der Waals surface area contributed by atoms with Crippen LogP contribution in [0.1, 0.15) is 24.1 Å². The Hall–Kier alpha value is -2.79. The molecule has 0 saturated heterocycles. The number of likely N-dealkylation sites (N-methyl/N-ethyl adjacent to an activating group) is 1. The zero-order chi connectivity index (χ0) is 19.6. The van der Waals surface area contributed by atoms with Crippen molar-refractivity contribution in [1.82, 2.24) is 10.2 Å². The lowest BCUT2D eigenvalue weighted by molar-refractivity contribution is -0.116. The number of methoxy groups -OCH3 is 1. The third-order valence-electron chi connectivity index (χ3n) is 4.19. The van der Waals surface area contributed by atoms with Crippen molar-refractivity contribution in [3.8, 4) is 11.5 Å². The first-order chi connectivity index (χ1) is 13.0. The molecular weight excluding hydrogens is 340 g/mol. The zero-order valence-electron chi connectivity index (χ0n) is 16.4. The van der Waals surface area contributed by atoms with E-state index in [-0.39, 0.29) is 11.9 Å². The molecule has 2 aromatic rings. The maximum atomic E-state index is 12.2. The molecular formula is C22H28N2O3. The van der Waals surface area contributed by atoms with E-state index in [2.05, 4.69) is 10.2 Å². The molecule has 0 bridgehead atoms. The van der Waals surface area contributed by atoms with Crippen molar-refractivity contribution in [2.75, 3.05) is 34.4 Å². The van der Waals surface area contributed by atoms with Crippen LogP contribution in [0.25, 0.3) is 6.08 Å². The molecule has 0 aliphatic carbocycles. The lowest BCUT2D eigenvalue weighted by Crippen LogP contribution is -2.33. The highest BCUT2D eigenvalue weighted by molar-refractivity contribution is 5.91. The highest BCUT2D eigenvalue weighted by atomic mass is 16.5. The third kappa shape index (κ3) is 6.46. The number of nitrogens with one attached hydrogen (secondary N) is 1. The first-order valence-electron chi connectivity index (χ1n) is 9.02. The molecule has 0 aromatic heterocycles. The number of hydrogen-bond acceptors (Lipinski definition) is 4. The largest absolute Gasteiger partial charge is 0.497 e. The van der Waals surface area contributed by atoms with Gasteiger partial charge in [-0.15, -0.1) is 0 Å². The fraction of sp³-hybridized carbons (Fsp3) is 0.318. The molecule has 27 heavy (non-hydrogen) atoms. The highest BCUT2D eigenvalue weighted by Crippen LogP contribution is 2.22. The molecule has 0 saturated carbocycles. The maximum absolute atomic E-state index is 12.2. The monoisotopic (exact) mass is 368 g/mol. The number of rotatable bonds is 9. The minimum Gasteiger partial charge on any atom is -0.497 e. The average Bonchev–Trinajstić information content (AvgIpc) is 2.68. The fourth-order valence-electron chi connectivity index (χ4n) is 2.72. The molecule has 5 heteroatoms. The molecule has 144 valence electrons. The topological polar surface area (TPSA) is 50.8 Å². The molecule has 2 rings (SSSR count).